The van der Waals surface area contributed by atoms with Crippen molar-refractivity contribution in [2.45, 2.75) is 84.2 Å². The second kappa shape index (κ2) is 11.7. The fourth-order valence-electron chi connectivity index (χ4n) is 4.89. The van der Waals surface area contributed by atoms with Crippen LogP contribution in [-0.2, 0) is 34.6 Å². The van der Waals surface area contributed by atoms with Crippen LogP contribution in [0, 0.1) is 6.92 Å². The van der Waals surface area contributed by atoms with Crippen molar-refractivity contribution < 1.29 is 54.2 Å². The molecule has 1 N–H and O–H groups in total. The predicted molar refractivity (Wildman–Crippen MR) is 130 cm³/mol. The van der Waals surface area contributed by atoms with E-state index in [1.165, 1.54) is 17.9 Å². The lowest BCUT2D eigenvalue weighted by Gasteiger charge is -2.35. The number of anilines is 1. The number of benzene rings is 2. The van der Waals surface area contributed by atoms with Crippen molar-refractivity contribution in [2.75, 3.05) is 11.4 Å². The maximum atomic E-state index is 13.8. The number of aliphatic hydroxyl groups is 1. The number of hydrogen-bond donors (Lipinski definition) is 1. The number of alkyl halides is 9. The van der Waals surface area contributed by atoms with Crippen LogP contribution < -0.4 is 4.90 Å². The summed E-state index contributed by atoms with van der Waals surface area (Å²) in [5.41, 5.74) is -4.79. The zero-order valence-corrected chi connectivity index (χ0v) is 22.5. The highest BCUT2D eigenvalue weighted by atomic mass is 19.4. The molecule has 2 aromatic rings. The van der Waals surface area contributed by atoms with Gasteiger partial charge in [0.25, 0.3) is 0 Å². The Morgan fingerprint density at radius 1 is 0.976 bits per heavy atom. The number of aryl methyl sites for hydroxylation is 1. The molecule has 2 unspecified atom stereocenters. The number of carbonyl (C=O) groups is 1. The summed E-state index contributed by atoms with van der Waals surface area (Å²) < 4.78 is 128. The van der Waals surface area contributed by atoms with Gasteiger partial charge in [-0.1, -0.05) is 6.07 Å². The van der Waals surface area contributed by atoms with Crippen LogP contribution in [0.3, 0.4) is 0 Å². The van der Waals surface area contributed by atoms with Gasteiger partial charge in [0, 0.05) is 25.7 Å². The Morgan fingerprint density at radius 2 is 1.54 bits per heavy atom. The number of nitrogens with zero attached hydrogens (tertiary/aromatic N) is 2. The Balaban J connectivity index is 2.18. The van der Waals surface area contributed by atoms with E-state index < -0.39 is 71.8 Å². The molecular formula is C27H29F9N2O3. The van der Waals surface area contributed by atoms with Gasteiger partial charge < -0.3 is 19.6 Å². The van der Waals surface area contributed by atoms with Gasteiger partial charge in [-0.25, -0.2) is 0 Å². The standard InChI is InChI=1S/C27H29F9N2O3/c1-14(2)41-24(40)37-7-5-6-22(20-8-15(3)21(12-23(20)37)27(34,35)36)38(16(4)39)13-17-9-18(25(28,29)30)11-19(10-17)26(31,32)33/h8-12,14,22,24,40H,5-7,13H2,1-4H3. The van der Waals surface area contributed by atoms with E-state index in [0.717, 1.165) is 17.9 Å². The number of ether oxygens (including phenoxy) is 1. The van der Waals surface area contributed by atoms with E-state index in [1.54, 1.807) is 13.8 Å². The fourth-order valence-corrected chi connectivity index (χ4v) is 4.89. The largest absolute Gasteiger partial charge is 0.416 e. The molecule has 0 spiro atoms. The minimum absolute atomic E-state index is 0.00866. The Bertz CT molecular complexity index is 1220. The maximum Gasteiger partial charge on any atom is 0.416 e. The zero-order valence-electron chi connectivity index (χ0n) is 22.5. The summed E-state index contributed by atoms with van der Waals surface area (Å²) in [5, 5.41) is 10.7. The second-order valence-corrected chi connectivity index (χ2v) is 10.1. The summed E-state index contributed by atoms with van der Waals surface area (Å²) in [6.45, 7) is 4.76. The highest BCUT2D eigenvalue weighted by Gasteiger charge is 2.40. The SMILES string of the molecule is CC(=O)N(Cc1cc(C(F)(F)F)cc(C(F)(F)F)c1)C1CCCN(C(O)OC(C)C)c2cc(C(F)(F)F)c(C)cc21. The van der Waals surface area contributed by atoms with Crippen molar-refractivity contribution in [1.29, 1.82) is 0 Å². The van der Waals surface area contributed by atoms with Crippen LogP contribution >= 0.6 is 0 Å². The number of rotatable bonds is 6. The van der Waals surface area contributed by atoms with Gasteiger partial charge in [0.05, 0.1) is 28.8 Å². The minimum atomic E-state index is -5.11. The fraction of sp³-hybridized carbons (Fsp3) is 0.519. The summed E-state index contributed by atoms with van der Waals surface area (Å²) in [4.78, 5) is 15.0. The molecule has 41 heavy (non-hydrogen) atoms. The molecule has 1 amide bonds. The van der Waals surface area contributed by atoms with E-state index in [-0.39, 0.29) is 42.3 Å². The molecule has 0 aliphatic carbocycles. The van der Waals surface area contributed by atoms with Gasteiger partial charge >= 0.3 is 18.5 Å². The van der Waals surface area contributed by atoms with Gasteiger partial charge in [-0.05, 0) is 74.6 Å². The quantitative estimate of drug-likeness (QED) is 0.277. The first-order valence-electron chi connectivity index (χ1n) is 12.6. The maximum absolute atomic E-state index is 13.8. The molecule has 5 nitrogen and oxygen atoms in total. The third-order valence-electron chi connectivity index (χ3n) is 6.67. The number of fused-ring (bicyclic) bond motifs is 1. The van der Waals surface area contributed by atoms with E-state index in [9.17, 15) is 49.4 Å². The van der Waals surface area contributed by atoms with Gasteiger partial charge in [0.2, 0.25) is 12.3 Å². The molecule has 0 saturated carbocycles. The van der Waals surface area contributed by atoms with E-state index in [2.05, 4.69) is 0 Å². The van der Waals surface area contributed by atoms with Crippen LogP contribution in [0.2, 0.25) is 0 Å². The third kappa shape index (κ3) is 7.64. The van der Waals surface area contributed by atoms with Crippen LogP contribution in [-0.4, -0.2) is 35.0 Å². The summed E-state index contributed by atoms with van der Waals surface area (Å²) in [5.74, 6) is -0.725. The third-order valence-corrected chi connectivity index (χ3v) is 6.67. The van der Waals surface area contributed by atoms with Crippen molar-refractivity contribution in [2.24, 2.45) is 0 Å². The molecule has 2 atom stereocenters. The van der Waals surface area contributed by atoms with Crippen LogP contribution in [0.25, 0.3) is 0 Å². The topological polar surface area (TPSA) is 53.0 Å². The first kappa shape index (κ1) is 32.5. The van der Waals surface area contributed by atoms with Crippen LogP contribution in [0.15, 0.2) is 30.3 Å². The molecule has 0 fully saturated rings. The molecule has 0 radical (unpaired) electrons. The first-order chi connectivity index (χ1) is 18.7. The molecule has 1 aliphatic heterocycles. The molecule has 1 aliphatic rings. The lowest BCUT2D eigenvalue weighted by Crippen LogP contribution is -2.40. The van der Waals surface area contributed by atoms with Gasteiger partial charge in [0.1, 0.15) is 0 Å². The van der Waals surface area contributed by atoms with Crippen molar-refractivity contribution in [3.05, 3.63) is 63.7 Å². The van der Waals surface area contributed by atoms with E-state index in [4.69, 9.17) is 4.74 Å². The lowest BCUT2D eigenvalue weighted by atomic mass is 9.94. The summed E-state index contributed by atoms with van der Waals surface area (Å²) >= 11 is 0. The van der Waals surface area contributed by atoms with Crippen molar-refractivity contribution >= 4 is 11.6 Å². The van der Waals surface area contributed by atoms with Crippen molar-refractivity contribution in [1.82, 2.24) is 4.90 Å². The number of amides is 1. The molecule has 0 saturated heterocycles. The number of carbonyl (C=O) groups excluding carboxylic acids is 1. The average Bonchev–Trinajstić information content (AvgIpc) is 2.98. The zero-order chi connectivity index (χ0) is 31.1. The molecule has 0 bridgehead atoms. The highest BCUT2D eigenvalue weighted by molar-refractivity contribution is 5.75. The van der Waals surface area contributed by atoms with Gasteiger partial charge in [-0.2, -0.15) is 39.5 Å². The van der Waals surface area contributed by atoms with Gasteiger partial charge in [0.15, 0.2) is 0 Å². The smallest absolute Gasteiger partial charge is 0.351 e. The molecule has 0 aromatic heterocycles. The molecule has 228 valence electrons. The van der Waals surface area contributed by atoms with Crippen molar-refractivity contribution in [3.63, 3.8) is 0 Å². The van der Waals surface area contributed by atoms with Crippen LogP contribution in [0.4, 0.5) is 45.2 Å². The number of aliphatic hydroxyl groups excluding tert-OH is 1. The number of hydrogen-bond acceptors (Lipinski definition) is 4. The molecule has 2 aromatic carbocycles. The van der Waals surface area contributed by atoms with Gasteiger partial charge in [-0.3, -0.25) is 4.79 Å². The summed E-state index contributed by atoms with van der Waals surface area (Å²) in [7, 11) is 0. The summed E-state index contributed by atoms with van der Waals surface area (Å²) in [6.07, 6.45) is -16.9. The summed E-state index contributed by atoms with van der Waals surface area (Å²) in [6, 6.07) is 1.93. The van der Waals surface area contributed by atoms with Crippen molar-refractivity contribution in [3.8, 4) is 0 Å². The first-order valence-corrected chi connectivity index (χ1v) is 12.6. The second-order valence-electron chi connectivity index (χ2n) is 10.1. The number of halogens is 9. The van der Waals surface area contributed by atoms with E-state index in [0.29, 0.717) is 12.1 Å². The Labute approximate surface area is 230 Å². The normalized spacial score (nSPS) is 17.3. The molecule has 3 rings (SSSR count). The monoisotopic (exact) mass is 600 g/mol. The van der Waals surface area contributed by atoms with Gasteiger partial charge in [-0.15, -0.1) is 0 Å². The Kier molecular flexibility index (Phi) is 9.28. The van der Waals surface area contributed by atoms with E-state index >= 15 is 0 Å². The lowest BCUT2D eigenvalue weighted by molar-refractivity contribution is -0.143. The van der Waals surface area contributed by atoms with E-state index in [1.807, 2.05) is 0 Å². The molecule has 1 heterocycles. The highest BCUT2D eigenvalue weighted by Crippen LogP contribution is 2.44. The Hall–Kier alpha value is -3.00. The predicted octanol–water partition coefficient (Wildman–Crippen LogP) is 7.44. The van der Waals surface area contributed by atoms with Crippen LogP contribution in [0.5, 0.6) is 0 Å². The minimum Gasteiger partial charge on any atom is -0.351 e. The Morgan fingerprint density at radius 3 is 2.00 bits per heavy atom. The van der Waals surface area contributed by atoms with Crippen LogP contribution in [0.1, 0.15) is 73.0 Å². The molecule has 14 heteroatoms. The average molecular weight is 601 g/mol. The molecular weight excluding hydrogens is 571 g/mol.